The van der Waals surface area contributed by atoms with Crippen molar-refractivity contribution in [3.05, 3.63) is 47.0 Å². The maximum Gasteiger partial charge on any atom is 0.261 e. The molecule has 0 spiro atoms. The average molecular weight is 317 g/mol. The summed E-state index contributed by atoms with van der Waals surface area (Å²) in [6.45, 7) is 5.23. The summed E-state index contributed by atoms with van der Waals surface area (Å²) in [5.41, 5.74) is 0.444. The first kappa shape index (κ1) is 17.4. The zero-order valence-corrected chi connectivity index (χ0v) is 13.7. The summed E-state index contributed by atoms with van der Waals surface area (Å²) in [5, 5.41) is 20.7. The van der Waals surface area contributed by atoms with Gasteiger partial charge in [-0.15, -0.1) is 0 Å². The van der Waals surface area contributed by atoms with Crippen LogP contribution < -0.4 is 0 Å². The molecule has 5 nitrogen and oxygen atoms in total. The lowest BCUT2D eigenvalue weighted by atomic mass is 9.92. The Balaban J connectivity index is 2.06. The van der Waals surface area contributed by atoms with Crippen LogP contribution in [0.15, 0.2) is 35.9 Å². The van der Waals surface area contributed by atoms with Gasteiger partial charge in [0.05, 0.1) is 23.3 Å². The van der Waals surface area contributed by atoms with Crippen LogP contribution in [0.2, 0.25) is 0 Å². The molecular formula is C18H23NO4. The minimum atomic E-state index is -1.37. The minimum Gasteiger partial charge on any atom is -0.388 e. The maximum absolute atomic E-state index is 12.3. The number of fused-ring (bicyclic) bond motifs is 1. The van der Waals surface area contributed by atoms with E-state index >= 15 is 0 Å². The Hall–Kier alpha value is -1.98. The lowest BCUT2D eigenvalue weighted by Crippen LogP contribution is -2.48. The second kappa shape index (κ2) is 6.64. The number of aliphatic hydroxyl groups is 2. The molecule has 2 amide bonds. The number of imide groups is 1. The molecule has 1 aliphatic heterocycles. The zero-order valence-electron chi connectivity index (χ0n) is 13.7. The van der Waals surface area contributed by atoms with Crippen molar-refractivity contribution in [2.24, 2.45) is 0 Å². The number of hydrogen-bond acceptors (Lipinski definition) is 4. The molecule has 0 saturated heterocycles. The van der Waals surface area contributed by atoms with E-state index in [0.29, 0.717) is 24.0 Å². The van der Waals surface area contributed by atoms with E-state index in [1.165, 1.54) is 6.92 Å². The van der Waals surface area contributed by atoms with E-state index in [4.69, 9.17) is 0 Å². The first-order chi connectivity index (χ1) is 10.7. The lowest BCUT2D eigenvalue weighted by Gasteiger charge is -2.31. The first-order valence-electron chi connectivity index (χ1n) is 7.73. The summed E-state index contributed by atoms with van der Waals surface area (Å²) in [6, 6.07) is 6.57. The quantitative estimate of drug-likeness (QED) is 0.622. The predicted octanol–water partition coefficient (Wildman–Crippen LogP) is 2.14. The number of hydrogen-bond donors (Lipinski definition) is 2. The van der Waals surface area contributed by atoms with Gasteiger partial charge in [0.25, 0.3) is 11.8 Å². The molecule has 0 bridgehead atoms. The third-order valence-corrected chi connectivity index (χ3v) is 4.15. The Bertz CT molecular complexity index is 609. The molecule has 124 valence electrons. The van der Waals surface area contributed by atoms with Crippen molar-refractivity contribution in [3.63, 3.8) is 0 Å². The van der Waals surface area contributed by atoms with Crippen molar-refractivity contribution < 1.29 is 19.8 Å². The highest BCUT2D eigenvalue weighted by Gasteiger charge is 2.39. The molecule has 1 aliphatic rings. The average Bonchev–Trinajstić information content (AvgIpc) is 2.72. The van der Waals surface area contributed by atoms with Crippen molar-refractivity contribution in [3.8, 4) is 0 Å². The van der Waals surface area contributed by atoms with Crippen molar-refractivity contribution in [2.45, 2.75) is 45.3 Å². The zero-order chi connectivity index (χ0) is 17.2. The fourth-order valence-electron chi connectivity index (χ4n) is 2.59. The van der Waals surface area contributed by atoms with Crippen molar-refractivity contribution >= 4 is 11.8 Å². The standard InChI is InChI=1S/C18H23NO4/c1-12(2)7-6-10-18(3,23)15(20)11-19-16(21)13-8-4-5-9-14(13)17(19)22/h4-5,7-9,15,20,23H,6,10-11H2,1-3H3/t15-,18-/m0/s1. The summed E-state index contributed by atoms with van der Waals surface area (Å²) < 4.78 is 0. The highest BCUT2D eigenvalue weighted by molar-refractivity contribution is 6.21. The number of allylic oxidation sites excluding steroid dienone is 2. The van der Waals surface area contributed by atoms with Gasteiger partial charge in [-0.05, 0) is 45.7 Å². The number of carbonyl (C=O) groups excluding carboxylic acids is 2. The topological polar surface area (TPSA) is 77.8 Å². The van der Waals surface area contributed by atoms with Crippen LogP contribution in [0, 0.1) is 0 Å². The van der Waals surface area contributed by atoms with Crippen LogP contribution in [0.4, 0.5) is 0 Å². The highest BCUT2D eigenvalue weighted by atomic mass is 16.3. The number of nitrogens with zero attached hydrogens (tertiary/aromatic N) is 1. The Morgan fingerprint density at radius 2 is 1.74 bits per heavy atom. The van der Waals surface area contributed by atoms with Crippen LogP contribution in [-0.2, 0) is 0 Å². The molecule has 1 aromatic carbocycles. The van der Waals surface area contributed by atoms with Gasteiger partial charge < -0.3 is 10.2 Å². The second-order valence-corrected chi connectivity index (χ2v) is 6.46. The number of amides is 2. The van der Waals surface area contributed by atoms with Gasteiger partial charge >= 0.3 is 0 Å². The largest absolute Gasteiger partial charge is 0.388 e. The third-order valence-electron chi connectivity index (χ3n) is 4.15. The van der Waals surface area contributed by atoms with Crippen LogP contribution in [-0.4, -0.2) is 45.2 Å². The molecule has 5 heteroatoms. The van der Waals surface area contributed by atoms with E-state index in [-0.39, 0.29) is 6.54 Å². The summed E-state index contributed by atoms with van der Waals surface area (Å²) in [4.78, 5) is 25.6. The molecule has 1 heterocycles. The Morgan fingerprint density at radius 3 is 2.22 bits per heavy atom. The van der Waals surface area contributed by atoms with Crippen molar-refractivity contribution in [1.29, 1.82) is 0 Å². The smallest absolute Gasteiger partial charge is 0.261 e. The van der Waals surface area contributed by atoms with Crippen LogP contribution in [0.5, 0.6) is 0 Å². The third kappa shape index (κ3) is 3.68. The summed E-state index contributed by atoms with van der Waals surface area (Å²) >= 11 is 0. The van der Waals surface area contributed by atoms with Crippen molar-refractivity contribution in [2.75, 3.05) is 6.54 Å². The van der Waals surface area contributed by atoms with Gasteiger partial charge in [0.15, 0.2) is 0 Å². The number of benzene rings is 1. The summed E-state index contributed by atoms with van der Waals surface area (Å²) in [6.07, 6.45) is 1.75. The van der Waals surface area contributed by atoms with Crippen LogP contribution in [0.25, 0.3) is 0 Å². The van der Waals surface area contributed by atoms with Gasteiger partial charge in [-0.2, -0.15) is 0 Å². The van der Waals surface area contributed by atoms with Gasteiger partial charge in [0.1, 0.15) is 6.10 Å². The van der Waals surface area contributed by atoms with E-state index in [1.807, 2.05) is 19.9 Å². The van der Waals surface area contributed by atoms with Crippen molar-refractivity contribution in [1.82, 2.24) is 4.90 Å². The van der Waals surface area contributed by atoms with E-state index < -0.39 is 23.5 Å². The minimum absolute atomic E-state index is 0.214. The molecular weight excluding hydrogens is 294 g/mol. The monoisotopic (exact) mass is 317 g/mol. The van der Waals surface area contributed by atoms with Gasteiger partial charge in [-0.1, -0.05) is 23.8 Å². The van der Waals surface area contributed by atoms with E-state index in [9.17, 15) is 19.8 Å². The Kier molecular flexibility index (Phi) is 5.02. The molecule has 0 radical (unpaired) electrons. The van der Waals surface area contributed by atoms with Crippen LogP contribution in [0.3, 0.4) is 0 Å². The molecule has 1 aromatic rings. The number of aliphatic hydroxyl groups excluding tert-OH is 1. The molecule has 0 aromatic heterocycles. The Labute approximate surface area is 136 Å². The first-order valence-corrected chi connectivity index (χ1v) is 7.73. The molecule has 2 atom stereocenters. The Morgan fingerprint density at radius 1 is 1.22 bits per heavy atom. The van der Waals surface area contributed by atoms with E-state index in [0.717, 1.165) is 10.5 Å². The van der Waals surface area contributed by atoms with Crippen LogP contribution in [0.1, 0.15) is 54.3 Å². The molecule has 0 fully saturated rings. The molecule has 2 N–H and O–H groups in total. The SMILES string of the molecule is CC(C)=CCC[C@](C)(O)[C@@H](O)CN1C(=O)c2ccccc2C1=O. The van der Waals surface area contributed by atoms with Gasteiger partial charge in [-0.3, -0.25) is 14.5 Å². The normalized spacial score (nSPS) is 17.7. The second-order valence-electron chi connectivity index (χ2n) is 6.46. The fourth-order valence-corrected chi connectivity index (χ4v) is 2.59. The summed E-state index contributed by atoms with van der Waals surface area (Å²) in [5.74, 6) is -0.852. The highest BCUT2D eigenvalue weighted by Crippen LogP contribution is 2.25. The molecule has 0 aliphatic carbocycles. The number of rotatable bonds is 6. The van der Waals surface area contributed by atoms with E-state index in [2.05, 4.69) is 0 Å². The summed E-state index contributed by atoms with van der Waals surface area (Å²) in [7, 11) is 0. The molecule has 0 unspecified atom stereocenters. The van der Waals surface area contributed by atoms with Gasteiger partial charge in [0.2, 0.25) is 0 Å². The predicted molar refractivity (Wildman–Crippen MR) is 87.1 cm³/mol. The lowest BCUT2D eigenvalue weighted by molar-refractivity contribution is -0.0721. The fraction of sp³-hybridized carbons (Fsp3) is 0.444. The molecule has 23 heavy (non-hydrogen) atoms. The van der Waals surface area contributed by atoms with E-state index in [1.54, 1.807) is 24.3 Å². The van der Waals surface area contributed by atoms with Gasteiger partial charge in [-0.25, -0.2) is 0 Å². The van der Waals surface area contributed by atoms with Gasteiger partial charge in [0, 0.05) is 0 Å². The van der Waals surface area contributed by atoms with Crippen LogP contribution >= 0.6 is 0 Å². The number of β-amino-alcohol motifs (C(OH)–C–C–N with tert-alkyl or cyclic N) is 1. The number of carbonyl (C=O) groups is 2. The maximum atomic E-state index is 12.3. The molecule has 2 rings (SSSR count). The molecule has 0 saturated carbocycles.